The first-order chi connectivity index (χ1) is 6.47. The van der Waals surface area contributed by atoms with E-state index in [0.717, 1.165) is 12.0 Å². The summed E-state index contributed by atoms with van der Waals surface area (Å²) in [7, 11) is 0. The normalized spacial score (nSPS) is 42.9. The maximum Gasteiger partial charge on any atom is 0.144 e. The van der Waals surface area contributed by atoms with Crippen LogP contribution in [0.15, 0.2) is 12.2 Å². The van der Waals surface area contributed by atoms with Gasteiger partial charge in [0.1, 0.15) is 11.6 Å². The second-order valence-electron chi connectivity index (χ2n) is 4.90. The quantitative estimate of drug-likeness (QED) is 0.435. The van der Waals surface area contributed by atoms with Gasteiger partial charge in [0.15, 0.2) is 0 Å². The van der Waals surface area contributed by atoms with Crippen molar-refractivity contribution in [3.8, 4) is 0 Å². The summed E-state index contributed by atoms with van der Waals surface area (Å²) in [4.78, 5) is 23.4. The van der Waals surface area contributed by atoms with Gasteiger partial charge in [-0.05, 0) is 17.8 Å². The van der Waals surface area contributed by atoms with E-state index in [4.69, 9.17) is 0 Å². The Balaban J connectivity index is 2.49. The Morgan fingerprint density at radius 2 is 1.93 bits per heavy atom. The molecule has 2 rings (SSSR count). The number of hydrogen-bond acceptors (Lipinski definition) is 2. The zero-order valence-corrected chi connectivity index (χ0v) is 8.80. The lowest BCUT2D eigenvalue weighted by Crippen LogP contribution is -2.25. The van der Waals surface area contributed by atoms with E-state index >= 15 is 0 Å². The predicted molar refractivity (Wildman–Crippen MR) is 53.8 cm³/mol. The van der Waals surface area contributed by atoms with Crippen LogP contribution >= 0.6 is 0 Å². The molecular weight excluding hydrogens is 176 g/mol. The molecule has 0 saturated heterocycles. The van der Waals surface area contributed by atoms with Crippen molar-refractivity contribution < 1.29 is 9.59 Å². The molecule has 3 unspecified atom stereocenters. The number of Topliss-reactive ketones (excluding diaryl/α,β-unsaturated/α-hetero) is 2. The highest BCUT2D eigenvalue weighted by Gasteiger charge is 2.53. The summed E-state index contributed by atoms with van der Waals surface area (Å²) in [5.41, 5.74) is 0.972. The van der Waals surface area contributed by atoms with Crippen LogP contribution in [-0.2, 0) is 9.59 Å². The summed E-state index contributed by atoms with van der Waals surface area (Å²) < 4.78 is 0. The topological polar surface area (TPSA) is 34.1 Å². The maximum absolute atomic E-state index is 11.7. The van der Waals surface area contributed by atoms with Crippen LogP contribution in [0.25, 0.3) is 0 Å². The molecule has 0 aliphatic heterocycles. The Morgan fingerprint density at radius 1 is 1.29 bits per heavy atom. The number of hydrogen-bond donors (Lipinski definition) is 0. The third-order valence-electron chi connectivity index (χ3n) is 4.22. The molecule has 0 aromatic heterocycles. The fourth-order valence-electron chi connectivity index (χ4n) is 2.90. The van der Waals surface area contributed by atoms with Crippen molar-refractivity contribution in [2.24, 2.45) is 17.3 Å². The molecule has 0 amide bonds. The van der Waals surface area contributed by atoms with Crippen LogP contribution < -0.4 is 0 Å². The van der Waals surface area contributed by atoms with Gasteiger partial charge in [0.2, 0.25) is 0 Å². The van der Waals surface area contributed by atoms with E-state index < -0.39 is 0 Å². The summed E-state index contributed by atoms with van der Waals surface area (Å²) in [5, 5.41) is 0. The van der Waals surface area contributed by atoms with E-state index in [9.17, 15) is 9.59 Å². The zero-order chi connectivity index (χ0) is 10.5. The average molecular weight is 192 g/mol. The third-order valence-corrected chi connectivity index (χ3v) is 4.22. The SMILES string of the molecule is C=C1CCC(=O)C2C(=O)CC1(C)C2C. The molecule has 2 fully saturated rings. The van der Waals surface area contributed by atoms with Crippen LogP contribution in [0.2, 0.25) is 0 Å². The van der Waals surface area contributed by atoms with Gasteiger partial charge >= 0.3 is 0 Å². The highest BCUT2D eigenvalue weighted by Crippen LogP contribution is 2.52. The summed E-state index contributed by atoms with van der Waals surface area (Å²) >= 11 is 0. The Labute approximate surface area is 84.4 Å². The lowest BCUT2D eigenvalue weighted by atomic mass is 9.73. The number of allylic oxidation sites excluding steroid dienone is 1. The molecule has 3 atom stereocenters. The first kappa shape index (κ1) is 9.63. The Morgan fingerprint density at radius 3 is 2.57 bits per heavy atom. The van der Waals surface area contributed by atoms with Crippen molar-refractivity contribution >= 4 is 11.6 Å². The molecule has 0 N–H and O–H groups in total. The van der Waals surface area contributed by atoms with E-state index in [-0.39, 0.29) is 28.8 Å². The van der Waals surface area contributed by atoms with E-state index in [1.807, 2.05) is 6.92 Å². The summed E-state index contributed by atoms with van der Waals surface area (Å²) in [6, 6.07) is 0. The van der Waals surface area contributed by atoms with Gasteiger partial charge in [-0.25, -0.2) is 0 Å². The molecule has 0 aromatic carbocycles. The van der Waals surface area contributed by atoms with Crippen molar-refractivity contribution in [3.63, 3.8) is 0 Å². The van der Waals surface area contributed by atoms with E-state index in [1.165, 1.54) is 0 Å². The number of carbonyl (C=O) groups excluding carboxylic acids is 2. The third kappa shape index (κ3) is 1.03. The van der Waals surface area contributed by atoms with Gasteiger partial charge in [-0.15, -0.1) is 0 Å². The molecule has 0 heterocycles. The average Bonchev–Trinajstić information content (AvgIpc) is 2.30. The van der Waals surface area contributed by atoms with Crippen molar-refractivity contribution in [2.75, 3.05) is 0 Å². The number of rotatable bonds is 0. The molecule has 2 heteroatoms. The van der Waals surface area contributed by atoms with Crippen LogP contribution in [0.3, 0.4) is 0 Å². The molecule has 2 saturated carbocycles. The van der Waals surface area contributed by atoms with Gasteiger partial charge in [-0.2, -0.15) is 0 Å². The molecule has 2 aliphatic carbocycles. The van der Waals surface area contributed by atoms with Crippen molar-refractivity contribution in [1.29, 1.82) is 0 Å². The largest absolute Gasteiger partial charge is 0.299 e. The van der Waals surface area contributed by atoms with Gasteiger partial charge in [0.05, 0.1) is 5.92 Å². The molecule has 0 spiro atoms. The summed E-state index contributed by atoms with van der Waals surface area (Å²) in [6.45, 7) is 8.14. The maximum atomic E-state index is 11.7. The second kappa shape index (κ2) is 2.78. The van der Waals surface area contributed by atoms with Gasteiger partial charge < -0.3 is 0 Å². The van der Waals surface area contributed by atoms with Crippen molar-refractivity contribution in [1.82, 2.24) is 0 Å². The smallest absolute Gasteiger partial charge is 0.144 e. The number of carbonyl (C=O) groups is 2. The van der Waals surface area contributed by atoms with Crippen LogP contribution in [0.5, 0.6) is 0 Å². The van der Waals surface area contributed by atoms with Gasteiger partial charge in [-0.1, -0.05) is 26.0 Å². The molecule has 2 bridgehead atoms. The fraction of sp³-hybridized carbons (Fsp3) is 0.667. The summed E-state index contributed by atoms with van der Waals surface area (Å²) in [5.74, 6) is 0.0764. The fourth-order valence-corrected chi connectivity index (χ4v) is 2.90. The summed E-state index contributed by atoms with van der Waals surface area (Å²) in [6.07, 6.45) is 1.79. The van der Waals surface area contributed by atoms with Crippen LogP contribution in [0.1, 0.15) is 33.1 Å². The van der Waals surface area contributed by atoms with Crippen molar-refractivity contribution in [2.45, 2.75) is 33.1 Å². The first-order valence-corrected chi connectivity index (χ1v) is 5.20. The number of fused-ring (bicyclic) bond motifs is 2. The molecule has 2 aliphatic rings. The van der Waals surface area contributed by atoms with Gasteiger partial charge in [-0.3, -0.25) is 9.59 Å². The first-order valence-electron chi connectivity index (χ1n) is 5.20. The van der Waals surface area contributed by atoms with E-state index in [1.54, 1.807) is 0 Å². The molecular formula is C12H16O2. The van der Waals surface area contributed by atoms with E-state index in [2.05, 4.69) is 13.5 Å². The highest BCUT2D eigenvalue weighted by atomic mass is 16.2. The van der Waals surface area contributed by atoms with Crippen LogP contribution in [0, 0.1) is 17.3 Å². The minimum atomic E-state index is -0.334. The minimum absolute atomic E-state index is 0.117. The Bertz CT molecular complexity index is 321. The Hall–Kier alpha value is -0.920. The van der Waals surface area contributed by atoms with Crippen LogP contribution in [0.4, 0.5) is 0 Å². The number of ketones is 2. The predicted octanol–water partition coefficient (Wildman–Crippen LogP) is 2.14. The van der Waals surface area contributed by atoms with Crippen LogP contribution in [-0.4, -0.2) is 11.6 Å². The zero-order valence-electron chi connectivity index (χ0n) is 8.80. The highest BCUT2D eigenvalue weighted by molar-refractivity contribution is 6.05. The molecule has 14 heavy (non-hydrogen) atoms. The van der Waals surface area contributed by atoms with Gasteiger partial charge in [0, 0.05) is 12.8 Å². The standard InChI is InChI=1S/C12H16O2/c1-7-4-5-9(13)11-8(2)12(7,3)6-10(11)14/h8,11H,1,4-6H2,2-3H3. The Kier molecular flexibility index (Phi) is 1.91. The molecule has 0 radical (unpaired) electrons. The lowest BCUT2D eigenvalue weighted by molar-refractivity contribution is -0.131. The lowest BCUT2D eigenvalue weighted by Gasteiger charge is -2.30. The minimum Gasteiger partial charge on any atom is -0.299 e. The second-order valence-corrected chi connectivity index (χ2v) is 4.90. The molecule has 76 valence electrons. The van der Waals surface area contributed by atoms with Gasteiger partial charge in [0.25, 0.3) is 0 Å². The van der Waals surface area contributed by atoms with E-state index in [0.29, 0.717) is 12.8 Å². The molecule has 2 nitrogen and oxygen atoms in total. The van der Waals surface area contributed by atoms with Crippen molar-refractivity contribution in [3.05, 3.63) is 12.2 Å². The molecule has 0 aromatic rings. The monoisotopic (exact) mass is 192 g/mol.